The number of nitrogens with zero attached hydrogens (tertiary/aromatic N) is 1. The van der Waals surface area contributed by atoms with E-state index in [0.717, 1.165) is 40.6 Å². The van der Waals surface area contributed by atoms with Crippen molar-refractivity contribution >= 4 is 21.9 Å². The van der Waals surface area contributed by atoms with Gasteiger partial charge in [0.1, 0.15) is 6.54 Å². The Morgan fingerprint density at radius 1 is 1.65 bits per heavy atom. The number of hydrogen-bond acceptors (Lipinski definition) is 2. The molecule has 0 spiro atoms. The molecule has 0 aromatic rings. The van der Waals surface area contributed by atoms with Crippen molar-refractivity contribution in [3.8, 4) is 0 Å². The average molecular weight is 369 g/mol. The third-order valence-corrected chi connectivity index (χ3v) is 3.04. The second kappa shape index (κ2) is 7.34. The smallest absolute Gasteiger partial charge is 0.334 e. The fourth-order valence-corrected chi connectivity index (χ4v) is 2.49. The second-order valence-corrected chi connectivity index (χ2v) is 5.52. The number of likely N-dealkylation sites (N-methyl/N-ethyl adjacent to an activating group) is 1. The summed E-state index contributed by atoms with van der Waals surface area (Å²) in [5.74, 6) is -0.161. The van der Waals surface area contributed by atoms with Gasteiger partial charge in [0.05, 0.1) is 26.7 Å². The molecular weight excluding hydrogens is 350 g/mol. The number of ether oxygens (including phenoxy) is 1. The van der Waals surface area contributed by atoms with Crippen LogP contribution in [0.25, 0.3) is 0 Å². The molecule has 0 aromatic carbocycles. The van der Waals surface area contributed by atoms with Crippen LogP contribution in [0, 0.1) is 0 Å². The van der Waals surface area contributed by atoms with Crippen molar-refractivity contribution < 1.29 is 31.0 Å². The van der Waals surface area contributed by atoms with Crippen molar-refractivity contribution in [2.45, 2.75) is 13.3 Å². The van der Waals surface area contributed by atoms with E-state index >= 15 is 0 Å². The first-order chi connectivity index (χ1) is 7.47. The Balaban J connectivity index is 0.00000256. The molecule has 0 amide bonds. The van der Waals surface area contributed by atoms with Crippen molar-refractivity contribution in [1.82, 2.24) is 0 Å². The number of rotatable bonds is 4. The maximum atomic E-state index is 11.5. The molecule has 1 aliphatic rings. The van der Waals surface area contributed by atoms with Crippen LogP contribution in [0.4, 0.5) is 0 Å². The van der Waals surface area contributed by atoms with E-state index < -0.39 is 0 Å². The van der Waals surface area contributed by atoms with Gasteiger partial charge >= 0.3 is 5.97 Å². The standard InChI is InChI=1S/C12H19BrNO2.BrH/c1-4-16-12(15)11-5-7-14(3,8-6-11)9-10(2)13;/h5H,2,4,6-9H2,1,3H3;1H/q+1;/p-1. The molecule has 0 aromatic heterocycles. The van der Waals surface area contributed by atoms with E-state index in [1.165, 1.54) is 0 Å². The Bertz CT molecular complexity index is 328. The van der Waals surface area contributed by atoms with Crippen LogP contribution in [-0.2, 0) is 9.53 Å². The molecule has 1 rings (SSSR count). The number of esters is 1. The number of halogens is 2. The van der Waals surface area contributed by atoms with Crippen LogP contribution in [0.5, 0.6) is 0 Å². The zero-order valence-corrected chi connectivity index (χ0v) is 13.5. The molecule has 17 heavy (non-hydrogen) atoms. The van der Waals surface area contributed by atoms with Crippen LogP contribution in [0.3, 0.4) is 0 Å². The molecule has 1 aliphatic heterocycles. The predicted molar refractivity (Wildman–Crippen MR) is 68.2 cm³/mol. The first kappa shape index (κ1) is 16.9. The predicted octanol–water partition coefficient (Wildman–Crippen LogP) is -0.761. The Labute approximate surface area is 122 Å². The summed E-state index contributed by atoms with van der Waals surface area (Å²) in [4.78, 5) is 11.5. The van der Waals surface area contributed by atoms with Crippen LogP contribution in [0.1, 0.15) is 13.3 Å². The molecule has 5 heteroatoms. The minimum atomic E-state index is -0.161. The Morgan fingerprint density at radius 2 is 2.29 bits per heavy atom. The molecule has 1 atom stereocenters. The first-order valence-corrected chi connectivity index (χ1v) is 6.29. The zero-order chi connectivity index (χ0) is 12.2. The largest absolute Gasteiger partial charge is 1.00 e. The van der Waals surface area contributed by atoms with E-state index in [2.05, 4.69) is 29.6 Å². The normalized spacial score (nSPS) is 23.4. The fourth-order valence-electron chi connectivity index (χ4n) is 1.88. The molecule has 0 radical (unpaired) electrons. The van der Waals surface area contributed by atoms with Gasteiger partial charge in [-0.2, -0.15) is 0 Å². The fraction of sp³-hybridized carbons (Fsp3) is 0.583. The molecule has 0 fully saturated rings. The topological polar surface area (TPSA) is 26.3 Å². The van der Waals surface area contributed by atoms with Crippen LogP contribution < -0.4 is 17.0 Å². The summed E-state index contributed by atoms with van der Waals surface area (Å²) in [6.45, 7) is 8.85. The molecular formula is C12H19Br2NO2. The lowest BCUT2D eigenvalue weighted by molar-refractivity contribution is -0.900. The lowest BCUT2D eigenvalue weighted by Gasteiger charge is -2.36. The number of hydrogen-bond donors (Lipinski definition) is 0. The van der Waals surface area contributed by atoms with Gasteiger partial charge in [-0.05, 0) is 13.0 Å². The summed E-state index contributed by atoms with van der Waals surface area (Å²) in [5.41, 5.74) is 0.817. The molecule has 1 unspecified atom stereocenters. The number of quaternary nitrogens is 1. The quantitative estimate of drug-likeness (QED) is 0.481. The average Bonchev–Trinajstić information content (AvgIpc) is 2.17. The Kier molecular flexibility index (Phi) is 7.28. The summed E-state index contributed by atoms with van der Waals surface area (Å²) >= 11 is 3.39. The van der Waals surface area contributed by atoms with E-state index in [4.69, 9.17) is 4.74 Å². The van der Waals surface area contributed by atoms with Crippen molar-refractivity contribution in [2.75, 3.05) is 33.3 Å². The minimum Gasteiger partial charge on any atom is -1.00 e. The molecule has 0 saturated carbocycles. The maximum absolute atomic E-state index is 11.5. The summed E-state index contributed by atoms with van der Waals surface area (Å²) in [6.07, 6.45) is 2.78. The molecule has 3 nitrogen and oxygen atoms in total. The van der Waals surface area contributed by atoms with Crippen molar-refractivity contribution in [3.05, 3.63) is 22.7 Å². The van der Waals surface area contributed by atoms with E-state index in [9.17, 15) is 4.79 Å². The first-order valence-electron chi connectivity index (χ1n) is 5.50. The van der Waals surface area contributed by atoms with Crippen LogP contribution in [0.2, 0.25) is 0 Å². The lowest BCUT2D eigenvalue weighted by Crippen LogP contribution is -3.00. The summed E-state index contributed by atoms with van der Waals surface area (Å²) in [5, 5.41) is 0. The monoisotopic (exact) mass is 367 g/mol. The van der Waals surface area contributed by atoms with Gasteiger partial charge < -0.3 is 26.2 Å². The van der Waals surface area contributed by atoms with E-state index in [0.29, 0.717) is 6.61 Å². The molecule has 0 bridgehead atoms. The van der Waals surface area contributed by atoms with Crippen molar-refractivity contribution in [2.24, 2.45) is 0 Å². The van der Waals surface area contributed by atoms with Crippen molar-refractivity contribution in [1.29, 1.82) is 0 Å². The summed E-state index contributed by atoms with van der Waals surface area (Å²) in [7, 11) is 2.17. The van der Waals surface area contributed by atoms with E-state index in [1.54, 1.807) is 0 Å². The molecule has 1 heterocycles. The van der Waals surface area contributed by atoms with Gasteiger partial charge in [0.2, 0.25) is 0 Å². The summed E-state index contributed by atoms with van der Waals surface area (Å²) in [6, 6.07) is 0. The number of carbonyl (C=O) groups is 1. The highest BCUT2D eigenvalue weighted by Crippen LogP contribution is 2.20. The van der Waals surface area contributed by atoms with Crippen LogP contribution in [-0.4, -0.2) is 43.7 Å². The minimum absolute atomic E-state index is 0. The van der Waals surface area contributed by atoms with Crippen molar-refractivity contribution in [3.63, 3.8) is 0 Å². The second-order valence-electron chi connectivity index (χ2n) is 4.40. The van der Waals surface area contributed by atoms with Gasteiger partial charge in [-0.1, -0.05) is 22.5 Å². The van der Waals surface area contributed by atoms with Gasteiger partial charge in [-0.15, -0.1) is 0 Å². The highest BCUT2D eigenvalue weighted by atomic mass is 79.9. The Hall–Kier alpha value is -0.130. The van der Waals surface area contributed by atoms with Gasteiger partial charge in [0.15, 0.2) is 0 Å². The van der Waals surface area contributed by atoms with E-state index in [1.807, 2.05) is 13.0 Å². The zero-order valence-electron chi connectivity index (χ0n) is 10.3. The third kappa shape index (κ3) is 5.36. The highest BCUT2D eigenvalue weighted by Gasteiger charge is 2.27. The van der Waals surface area contributed by atoms with Crippen LogP contribution >= 0.6 is 15.9 Å². The SMILES string of the molecule is C=C(Br)C[N+]1(C)CC=C(C(=O)OCC)CC1.[Br-]. The van der Waals surface area contributed by atoms with Gasteiger partial charge in [-0.25, -0.2) is 4.79 Å². The van der Waals surface area contributed by atoms with Gasteiger partial charge in [0.25, 0.3) is 0 Å². The number of carbonyl (C=O) groups excluding carboxylic acids is 1. The third-order valence-electron chi connectivity index (χ3n) is 2.79. The highest BCUT2D eigenvalue weighted by molar-refractivity contribution is 9.11. The van der Waals surface area contributed by atoms with E-state index in [-0.39, 0.29) is 23.0 Å². The van der Waals surface area contributed by atoms with Gasteiger partial charge in [-0.3, -0.25) is 0 Å². The lowest BCUT2D eigenvalue weighted by atomic mass is 10.1. The van der Waals surface area contributed by atoms with Gasteiger partial charge in [0, 0.05) is 16.5 Å². The Morgan fingerprint density at radius 3 is 2.71 bits per heavy atom. The molecule has 0 aliphatic carbocycles. The molecule has 0 saturated heterocycles. The van der Waals surface area contributed by atoms with Crippen LogP contribution in [0.15, 0.2) is 22.7 Å². The summed E-state index contributed by atoms with van der Waals surface area (Å²) < 4.78 is 6.89. The molecule has 98 valence electrons. The maximum Gasteiger partial charge on any atom is 0.334 e. The molecule has 0 N–H and O–H groups in total.